The van der Waals surface area contributed by atoms with Crippen LogP contribution in [0, 0.1) is 6.92 Å². The maximum atomic E-state index is 2.54. The molecule has 4 aliphatic rings. The highest BCUT2D eigenvalue weighted by Crippen LogP contribution is 2.50. The predicted octanol–water partition coefficient (Wildman–Crippen LogP) is 20.1. The molecule has 14 aromatic rings. The molecule has 0 unspecified atom stereocenters. The Hall–Kier alpha value is -12.0. The summed E-state index contributed by atoms with van der Waals surface area (Å²) in [4.78, 5) is 14.8. The van der Waals surface area contributed by atoms with Crippen molar-refractivity contribution in [3.05, 3.63) is 351 Å². The Bertz CT molecular complexity index is 5280. The first-order chi connectivity index (χ1) is 47.7. The number of aryl methyl sites for hydroxylation is 1. The molecule has 0 bridgehead atoms. The number of para-hydroxylation sites is 7. The minimum Gasteiger partial charge on any atom is -0.311 e. The van der Waals surface area contributed by atoms with Crippen LogP contribution in [-0.2, 0) is 5.41 Å². The van der Waals surface area contributed by atoms with Crippen molar-refractivity contribution in [2.24, 2.45) is 0 Å². The van der Waals surface area contributed by atoms with Gasteiger partial charge in [0.05, 0.1) is 0 Å². The van der Waals surface area contributed by atoms with Gasteiger partial charge in [-0.2, -0.15) is 0 Å². The van der Waals surface area contributed by atoms with E-state index in [0.717, 1.165) is 79.5 Å². The zero-order valence-electron chi connectivity index (χ0n) is 54.7. The van der Waals surface area contributed by atoms with Crippen LogP contribution in [0.3, 0.4) is 0 Å². The van der Waals surface area contributed by atoms with Gasteiger partial charge in [-0.15, -0.1) is 0 Å². The van der Waals surface area contributed by atoms with Gasteiger partial charge in [0.15, 0.2) is 0 Å². The number of rotatable bonds is 11. The molecule has 460 valence electrons. The molecule has 0 radical (unpaired) electrons. The molecule has 0 amide bonds. The van der Waals surface area contributed by atoms with Crippen LogP contribution >= 0.6 is 0 Å². The lowest BCUT2D eigenvalue weighted by atomic mass is 9.33. The van der Waals surface area contributed by atoms with Gasteiger partial charge in [-0.3, -0.25) is 0 Å². The number of benzene rings is 14. The van der Waals surface area contributed by atoms with Crippen LogP contribution < -0.4 is 62.2 Å². The molecule has 0 spiro atoms. The van der Waals surface area contributed by atoms with E-state index in [9.17, 15) is 0 Å². The Labute approximate surface area is 569 Å². The summed E-state index contributed by atoms with van der Waals surface area (Å²) >= 11 is 0. The van der Waals surface area contributed by atoms with E-state index < -0.39 is 0 Å². The second kappa shape index (κ2) is 23.2. The molecule has 8 heteroatoms. The number of fused-ring (bicyclic) bond motifs is 8. The lowest BCUT2D eigenvalue weighted by Crippen LogP contribution is -2.61. The SMILES string of the molecule is Cc1ccc(N2c3cc(N(c4ccccc4)c4ccccc4)ccc3B3c4ccccc4N(c4ccccc4)c4cccc2c43)cc1-c1ccc(N(c2ccccc2)c2ccc3c(c2)N(c2ccc(C(C)(C)C)cc2)c2cccc4c2B3c2ccccc2N4c2ccccc2)cc1. The Morgan fingerprint density at radius 3 is 1.02 bits per heavy atom. The average Bonchev–Trinajstić information content (AvgIpc) is 0.707. The van der Waals surface area contributed by atoms with Gasteiger partial charge in [-0.25, -0.2) is 0 Å². The van der Waals surface area contributed by atoms with Crippen LogP contribution in [0.25, 0.3) is 11.1 Å². The molecule has 0 fully saturated rings. The van der Waals surface area contributed by atoms with Crippen LogP contribution in [-0.4, -0.2) is 13.4 Å². The van der Waals surface area contributed by atoms with Crippen molar-refractivity contribution >= 4 is 149 Å². The summed E-state index contributed by atoms with van der Waals surface area (Å²) in [5.41, 5.74) is 32.9. The maximum Gasteiger partial charge on any atom is 0.252 e. The first-order valence-electron chi connectivity index (χ1n) is 33.8. The molecule has 0 N–H and O–H groups in total. The molecule has 0 saturated carbocycles. The highest BCUT2D eigenvalue weighted by Gasteiger charge is 2.45. The monoisotopic (exact) mass is 1240 g/mol. The summed E-state index contributed by atoms with van der Waals surface area (Å²) in [5.74, 6) is 0. The number of nitrogens with zero attached hydrogens (tertiary/aromatic N) is 6. The molecular formula is C89H68B2N6. The van der Waals surface area contributed by atoms with Crippen LogP contribution in [0.1, 0.15) is 31.9 Å². The van der Waals surface area contributed by atoms with E-state index in [1.807, 2.05) is 0 Å². The van der Waals surface area contributed by atoms with Gasteiger partial charge >= 0.3 is 0 Å². The van der Waals surface area contributed by atoms with Gasteiger partial charge < -0.3 is 29.4 Å². The maximum absolute atomic E-state index is 2.54. The van der Waals surface area contributed by atoms with Crippen molar-refractivity contribution in [1.29, 1.82) is 0 Å². The summed E-state index contributed by atoms with van der Waals surface area (Å²) in [6.07, 6.45) is 0. The minimum absolute atomic E-state index is 0.000401. The van der Waals surface area contributed by atoms with E-state index in [0.29, 0.717) is 0 Å². The molecule has 0 aliphatic carbocycles. The number of hydrogen-bond acceptors (Lipinski definition) is 6. The van der Waals surface area contributed by atoms with Crippen molar-refractivity contribution in [2.75, 3.05) is 29.4 Å². The Balaban J connectivity index is 0.775. The fourth-order valence-electron chi connectivity index (χ4n) is 15.9. The molecule has 0 atom stereocenters. The van der Waals surface area contributed by atoms with Crippen molar-refractivity contribution in [2.45, 2.75) is 33.1 Å². The number of anilines is 18. The van der Waals surface area contributed by atoms with Gasteiger partial charge in [0, 0.05) is 102 Å². The Morgan fingerprint density at radius 2 is 0.588 bits per heavy atom. The first kappa shape index (κ1) is 57.7. The Kier molecular flexibility index (Phi) is 13.8. The van der Waals surface area contributed by atoms with Crippen LogP contribution in [0.2, 0.25) is 0 Å². The summed E-state index contributed by atoms with van der Waals surface area (Å²) in [5, 5.41) is 0. The third-order valence-corrected chi connectivity index (χ3v) is 20.3. The minimum atomic E-state index is -0.0220. The van der Waals surface area contributed by atoms with E-state index in [1.54, 1.807) is 0 Å². The molecule has 0 aromatic heterocycles. The lowest BCUT2D eigenvalue weighted by molar-refractivity contribution is 0.590. The second-order valence-electron chi connectivity index (χ2n) is 26.9. The largest absolute Gasteiger partial charge is 0.311 e. The Morgan fingerprint density at radius 1 is 0.258 bits per heavy atom. The van der Waals surface area contributed by atoms with Crippen molar-refractivity contribution in [3.8, 4) is 11.1 Å². The van der Waals surface area contributed by atoms with E-state index in [1.165, 1.54) is 77.9 Å². The smallest absolute Gasteiger partial charge is 0.252 e. The van der Waals surface area contributed by atoms with Crippen LogP contribution in [0.15, 0.2) is 340 Å². The van der Waals surface area contributed by atoms with Gasteiger partial charge in [0.25, 0.3) is 13.4 Å². The van der Waals surface area contributed by atoms with Crippen molar-refractivity contribution in [1.82, 2.24) is 0 Å². The predicted molar refractivity (Wildman–Crippen MR) is 413 cm³/mol. The van der Waals surface area contributed by atoms with Crippen molar-refractivity contribution in [3.63, 3.8) is 0 Å². The molecule has 14 aromatic carbocycles. The van der Waals surface area contributed by atoms with Gasteiger partial charge in [-0.1, -0.05) is 203 Å². The zero-order valence-corrected chi connectivity index (χ0v) is 54.7. The second-order valence-corrected chi connectivity index (χ2v) is 26.9. The van der Waals surface area contributed by atoms with Crippen LogP contribution in [0.5, 0.6) is 0 Å². The molecule has 97 heavy (non-hydrogen) atoms. The highest BCUT2D eigenvalue weighted by molar-refractivity contribution is 7.01. The highest BCUT2D eigenvalue weighted by atomic mass is 15.2. The van der Waals surface area contributed by atoms with E-state index in [-0.39, 0.29) is 18.8 Å². The summed E-state index contributed by atoms with van der Waals surface area (Å²) in [6, 6.07) is 126. The van der Waals surface area contributed by atoms with E-state index in [2.05, 4.69) is 397 Å². The molecule has 0 saturated heterocycles. The standard InChI is InChI=1S/C89H68B2N6/c1-61-44-49-71(97-84-43-25-41-82-88(84)91(76-37-21-23-39-80(76)95(82)68-34-18-9-19-35-68)78-57-54-72(60-86(78)97)92(64-26-10-5-11-27-64)65-28-12-6-13-29-65)58-74(61)62-45-50-69(51-46-62)93(66-30-14-7-15-31-66)73-55-56-77-85(59-73)96(70-52-47-63(48-53-70)89(2,3)4)83-42-24-40-81-87(83)90(77)75-36-20-22-38-79(75)94(81)67-32-16-8-17-33-67/h5-60H,1-4H3. The average molecular weight is 1240 g/mol. The number of hydrogen-bond donors (Lipinski definition) is 0. The normalized spacial score (nSPS) is 13.0. The van der Waals surface area contributed by atoms with Gasteiger partial charge in [0.1, 0.15) is 0 Å². The zero-order chi connectivity index (χ0) is 64.9. The third kappa shape index (κ3) is 9.57. The van der Waals surface area contributed by atoms with Crippen LogP contribution in [0.4, 0.5) is 102 Å². The fourth-order valence-corrected chi connectivity index (χ4v) is 15.9. The van der Waals surface area contributed by atoms with Gasteiger partial charge in [0.2, 0.25) is 0 Å². The summed E-state index contributed by atoms with van der Waals surface area (Å²) < 4.78 is 0. The molecule has 4 heterocycles. The van der Waals surface area contributed by atoms with E-state index in [4.69, 9.17) is 0 Å². The molecule has 6 nitrogen and oxygen atoms in total. The lowest BCUT2D eigenvalue weighted by Gasteiger charge is -2.44. The third-order valence-electron chi connectivity index (χ3n) is 20.3. The molecule has 18 rings (SSSR count). The molecular weight excluding hydrogens is 1170 g/mol. The quantitative estimate of drug-likeness (QED) is 0.119. The summed E-state index contributed by atoms with van der Waals surface area (Å²) in [7, 11) is 0. The first-order valence-corrected chi connectivity index (χ1v) is 33.8. The van der Waals surface area contributed by atoms with E-state index >= 15 is 0 Å². The van der Waals surface area contributed by atoms with Gasteiger partial charge in [-0.05, 0) is 225 Å². The topological polar surface area (TPSA) is 19.4 Å². The fraction of sp³-hybridized carbons (Fsp3) is 0.0562. The molecule has 4 aliphatic heterocycles. The summed E-state index contributed by atoms with van der Waals surface area (Å²) in [6.45, 7) is 9.10. The van der Waals surface area contributed by atoms with Crippen molar-refractivity contribution < 1.29 is 0 Å².